The van der Waals surface area contributed by atoms with E-state index in [0.29, 0.717) is 5.92 Å². The topological polar surface area (TPSA) is 8.81 Å². The number of nitrogens with zero attached hydrogens (tertiary/aromatic N) is 2. The van der Waals surface area contributed by atoms with Crippen LogP contribution in [0.25, 0.3) is 22.8 Å². The maximum absolute atomic E-state index is 2.63. The molecular formula is C32H35N2+. The molecule has 2 aliphatic rings. The molecule has 1 atom stereocenters. The molecule has 172 valence electrons. The highest BCUT2D eigenvalue weighted by Crippen LogP contribution is 2.52. The molecule has 0 amide bonds. The maximum Gasteiger partial charge on any atom is 0.300 e. The van der Waals surface area contributed by atoms with E-state index in [-0.39, 0.29) is 5.41 Å². The van der Waals surface area contributed by atoms with Gasteiger partial charge in [-0.1, -0.05) is 67.4 Å². The van der Waals surface area contributed by atoms with Crippen molar-refractivity contribution in [1.29, 1.82) is 0 Å². The molecule has 2 nitrogen and oxygen atoms in total. The molecule has 0 radical (unpaired) electrons. The van der Waals surface area contributed by atoms with Crippen LogP contribution in [0.4, 0.5) is 0 Å². The van der Waals surface area contributed by atoms with Crippen LogP contribution < -0.4 is 4.57 Å². The number of benzene rings is 3. The standard InChI is InChI=1S/C32H35N2/c1-21-13-6-10-19-27(21)33-24(4)30-32(5,25-16-7-8-17-25)26-18-9-11-20-28(26)34(30)31(33)29-22(2)14-12-15-23(29)3/h6,9-15,18-20,25H,7-8,16-17H2,1-5H3/q+1. The van der Waals surface area contributed by atoms with Crippen LogP contribution >= 0.6 is 0 Å². The van der Waals surface area contributed by atoms with Gasteiger partial charge in [0.25, 0.3) is 5.82 Å². The van der Waals surface area contributed by atoms with Gasteiger partial charge in [-0.25, -0.2) is 0 Å². The van der Waals surface area contributed by atoms with Crippen molar-refractivity contribution in [2.75, 3.05) is 0 Å². The van der Waals surface area contributed by atoms with Crippen LogP contribution in [0.1, 0.15) is 66.2 Å². The third-order valence-electron chi connectivity index (χ3n) is 8.75. The molecule has 1 aliphatic carbocycles. The lowest BCUT2D eigenvalue weighted by atomic mass is 9.69. The Hall–Kier alpha value is -3.13. The van der Waals surface area contributed by atoms with Crippen LogP contribution in [0.5, 0.6) is 0 Å². The Morgan fingerprint density at radius 1 is 0.765 bits per heavy atom. The summed E-state index contributed by atoms with van der Waals surface area (Å²) in [6, 6.07) is 24.7. The zero-order chi connectivity index (χ0) is 23.6. The average molecular weight is 448 g/mol. The summed E-state index contributed by atoms with van der Waals surface area (Å²) >= 11 is 0. The first-order valence-electron chi connectivity index (χ1n) is 12.8. The van der Waals surface area contributed by atoms with Crippen molar-refractivity contribution in [3.8, 4) is 22.8 Å². The SMILES string of the molecule is Cc1ccccc1-n1c(C)c2[n+](c1-c1c(C)cccc1C)-c1ccccc1C2(C)C1CCCC1. The Balaban J connectivity index is 1.80. The lowest BCUT2D eigenvalue weighted by Gasteiger charge is -2.30. The lowest BCUT2D eigenvalue weighted by molar-refractivity contribution is -0.587. The number of para-hydroxylation sites is 2. The molecule has 0 spiro atoms. The van der Waals surface area contributed by atoms with Crippen molar-refractivity contribution in [3.63, 3.8) is 0 Å². The average Bonchev–Trinajstić information content (AvgIpc) is 3.52. The molecule has 2 heteroatoms. The van der Waals surface area contributed by atoms with E-state index < -0.39 is 0 Å². The summed E-state index contributed by atoms with van der Waals surface area (Å²) in [5.74, 6) is 1.98. The van der Waals surface area contributed by atoms with Gasteiger partial charge in [0.2, 0.25) is 0 Å². The monoisotopic (exact) mass is 447 g/mol. The Kier molecular flexibility index (Phi) is 4.85. The highest BCUT2D eigenvalue weighted by atomic mass is 15.2. The Morgan fingerprint density at radius 3 is 2.09 bits per heavy atom. The quantitative estimate of drug-likeness (QED) is 0.288. The molecular weight excluding hydrogens is 412 g/mol. The predicted molar refractivity (Wildman–Crippen MR) is 140 cm³/mol. The molecule has 1 aliphatic heterocycles. The smallest absolute Gasteiger partial charge is 0.192 e. The Bertz CT molecular complexity index is 1400. The van der Waals surface area contributed by atoms with Gasteiger partial charge >= 0.3 is 0 Å². The minimum atomic E-state index is 0.0243. The fraction of sp³-hybridized carbons (Fsp3) is 0.344. The second kappa shape index (κ2) is 7.70. The van der Waals surface area contributed by atoms with Gasteiger partial charge in [-0.3, -0.25) is 0 Å². The van der Waals surface area contributed by atoms with Crippen LogP contribution in [0.3, 0.4) is 0 Å². The van der Waals surface area contributed by atoms with Crippen molar-refractivity contribution < 1.29 is 4.57 Å². The first-order chi connectivity index (χ1) is 16.4. The number of rotatable bonds is 3. The van der Waals surface area contributed by atoms with Crippen molar-refractivity contribution in [1.82, 2.24) is 4.57 Å². The molecule has 1 saturated carbocycles. The summed E-state index contributed by atoms with van der Waals surface area (Å²) in [5, 5.41) is 0. The first kappa shape index (κ1) is 21.4. The van der Waals surface area contributed by atoms with Gasteiger partial charge in [0.1, 0.15) is 11.4 Å². The van der Waals surface area contributed by atoms with Crippen molar-refractivity contribution in [2.45, 2.75) is 65.7 Å². The fourth-order valence-electron chi connectivity index (χ4n) is 7.13. The summed E-state index contributed by atoms with van der Waals surface area (Å²) in [6.45, 7) is 11.6. The Labute approximate surface area is 203 Å². The molecule has 34 heavy (non-hydrogen) atoms. The van der Waals surface area contributed by atoms with Crippen LogP contribution in [-0.4, -0.2) is 4.57 Å². The van der Waals surface area contributed by atoms with Crippen molar-refractivity contribution >= 4 is 0 Å². The zero-order valence-electron chi connectivity index (χ0n) is 21.2. The summed E-state index contributed by atoms with van der Waals surface area (Å²) in [7, 11) is 0. The highest BCUT2D eigenvalue weighted by molar-refractivity contribution is 5.68. The zero-order valence-corrected chi connectivity index (χ0v) is 21.2. The molecule has 3 aromatic carbocycles. The van der Waals surface area contributed by atoms with Gasteiger partial charge in [-0.15, -0.1) is 0 Å². The second-order valence-electron chi connectivity index (χ2n) is 10.7. The van der Waals surface area contributed by atoms with Gasteiger partial charge in [-0.05, 0) is 75.3 Å². The van der Waals surface area contributed by atoms with Gasteiger partial charge in [0.05, 0.1) is 11.0 Å². The molecule has 0 saturated heterocycles. The molecule has 0 N–H and O–H groups in total. The third-order valence-corrected chi connectivity index (χ3v) is 8.75. The van der Waals surface area contributed by atoms with Gasteiger partial charge < -0.3 is 0 Å². The van der Waals surface area contributed by atoms with E-state index in [1.165, 1.54) is 82.1 Å². The normalized spacial score (nSPS) is 19.4. The van der Waals surface area contributed by atoms with E-state index in [1.807, 2.05) is 0 Å². The highest BCUT2D eigenvalue weighted by Gasteiger charge is 2.54. The van der Waals surface area contributed by atoms with Crippen molar-refractivity contribution in [2.24, 2.45) is 5.92 Å². The fourth-order valence-corrected chi connectivity index (χ4v) is 7.13. The number of hydrogen-bond donors (Lipinski definition) is 0. The van der Waals surface area contributed by atoms with Gasteiger partial charge in [0.15, 0.2) is 11.4 Å². The van der Waals surface area contributed by atoms with Gasteiger partial charge in [-0.2, -0.15) is 9.13 Å². The number of imidazole rings is 1. The van der Waals surface area contributed by atoms with Crippen LogP contribution in [0.2, 0.25) is 0 Å². The van der Waals surface area contributed by atoms with E-state index in [4.69, 9.17) is 0 Å². The summed E-state index contributed by atoms with van der Waals surface area (Å²) in [6.07, 6.45) is 5.34. The summed E-state index contributed by atoms with van der Waals surface area (Å²) < 4.78 is 5.19. The molecule has 1 aromatic heterocycles. The van der Waals surface area contributed by atoms with E-state index in [1.54, 1.807) is 0 Å². The second-order valence-corrected chi connectivity index (χ2v) is 10.7. The van der Waals surface area contributed by atoms with Crippen LogP contribution in [0.15, 0.2) is 66.7 Å². The van der Waals surface area contributed by atoms with E-state index in [9.17, 15) is 0 Å². The molecule has 1 fully saturated rings. The molecule has 4 aromatic rings. The van der Waals surface area contributed by atoms with E-state index in [0.717, 1.165) is 0 Å². The first-order valence-corrected chi connectivity index (χ1v) is 12.8. The van der Waals surface area contributed by atoms with E-state index in [2.05, 4.69) is 110 Å². The van der Waals surface area contributed by atoms with E-state index >= 15 is 0 Å². The number of aryl methyl sites for hydroxylation is 3. The minimum absolute atomic E-state index is 0.0243. The summed E-state index contributed by atoms with van der Waals surface area (Å²) in [5.41, 5.74) is 12.4. The maximum atomic E-state index is 2.63. The van der Waals surface area contributed by atoms with Crippen LogP contribution in [0, 0.1) is 33.6 Å². The molecule has 2 heterocycles. The largest absolute Gasteiger partial charge is 0.300 e. The molecule has 1 unspecified atom stereocenters. The van der Waals surface area contributed by atoms with Crippen molar-refractivity contribution in [3.05, 3.63) is 100 Å². The summed E-state index contributed by atoms with van der Waals surface area (Å²) in [4.78, 5) is 0. The number of hydrogen-bond acceptors (Lipinski definition) is 0. The third kappa shape index (κ3) is 2.78. The minimum Gasteiger partial charge on any atom is -0.192 e. The number of aromatic nitrogens is 2. The predicted octanol–water partition coefficient (Wildman–Crippen LogP) is 7.46. The molecule has 6 rings (SSSR count). The lowest BCUT2D eigenvalue weighted by Crippen LogP contribution is -2.38. The Morgan fingerprint density at radius 2 is 1.38 bits per heavy atom. The number of fused-ring (bicyclic) bond motifs is 3. The molecule has 0 bridgehead atoms. The van der Waals surface area contributed by atoms with Crippen LogP contribution in [-0.2, 0) is 5.41 Å². The van der Waals surface area contributed by atoms with Gasteiger partial charge in [0, 0.05) is 12.5 Å².